The number of ether oxygens (including phenoxy) is 1. The van der Waals surface area contributed by atoms with Gasteiger partial charge in [0.15, 0.2) is 12.0 Å². The Kier molecular flexibility index (Phi) is 7.52. The number of methoxy groups -OCH3 is 1. The number of carbonyl (C=O) groups is 1. The van der Waals surface area contributed by atoms with Gasteiger partial charge in [-0.3, -0.25) is 9.79 Å². The highest BCUT2D eigenvalue weighted by Crippen LogP contribution is 2.29. The van der Waals surface area contributed by atoms with Gasteiger partial charge in [-0.15, -0.1) is 0 Å². The van der Waals surface area contributed by atoms with Crippen molar-refractivity contribution in [2.45, 2.75) is 39.2 Å². The molecule has 0 aliphatic heterocycles. The lowest BCUT2D eigenvalue weighted by molar-refractivity contribution is -0.107. The third-order valence-electron chi connectivity index (χ3n) is 5.31. The molecule has 0 heterocycles. The summed E-state index contributed by atoms with van der Waals surface area (Å²) in [6, 6.07) is 12.2. The Hall–Kier alpha value is -2.79. The molecule has 0 aromatic heterocycles. The monoisotopic (exact) mass is 425 g/mol. The van der Waals surface area contributed by atoms with Crippen molar-refractivity contribution in [3.05, 3.63) is 75.6 Å². The van der Waals surface area contributed by atoms with Crippen LogP contribution in [0.25, 0.3) is 0 Å². The van der Waals surface area contributed by atoms with E-state index in [0.29, 0.717) is 23.8 Å². The van der Waals surface area contributed by atoms with Crippen LogP contribution in [0.15, 0.2) is 53.3 Å². The lowest BCUT2D eigenvalue weighted by Crippen LogP contribution is -2.33. The molecule has 0 amide bonds. The average molecular weight is 426 g/mol. The third-order valence-corrected chi connectivity index (χ3v) is 5.54. The van der Waals surface area contributed by atoms with Crippen LogP contribution in [0.2, 0.25) is 5.02 Å². The maximum absolute atomic E-state index is 11.4. The van der Waals surface area contributed by atoms with Gasteiger partial charge in [0, 0.05) is 17.8 Å². The highest BCUT2D eigenvalue weighted by Gasteiger charge is 2.17. The Labute approximate surface area is 183 Å². The number of anilines is 1. The van der Waals surface area contributed by atoms with E-state index in [-0.39, 0.29) is 5.76 Å². The van der Waals surface area contributed by atoms with Crippen LogP contribution in [0.1, 0.15) is 35.6 Å². The van der Waals surface area contributed by atoms with E-state index in [2.05, 4.69) is 29.4 Å². The summed E-state index contributed by atoms with van der Waals surface area (Å²) in [7, 11) is 3.21. The molecule has 1 N–H and O–H groups in total. The van der Waals surface area contributed by atoms with Crippen molar-refractivity contribution in [3.63, 3.8) is 0 Å². The number of rotatable bonds is 7. The van der Waals surface area contributed by atoms with Gasteiger partial charge in [0.1, 0.15) is 0 Å². The molecule has 158 valence electrons. The van der Waals surface area contributed by atoms with E-state index in [4.69, 9.17) is 16.3 Å². The summed E-state index contributed by atoms with van der Waals surface area (Å²) in [6.07, 6.45) is 6.73. The first-order valence-corrected chi connectivity index (χ1v) is 10.6. The van der Waals surface area contributed by atoms with E-state index in [9.17, 15) is 4.79 Å². The maximum Gasteiger partial charge on any atom is 0.202 e. The largest absolute Gasteiger partial charge is 0.492 e. The second kappa shape index (κ2) is 10.3. The molecule has 1 aliphatic rings. The number of halogens is 1. The van der Waals surface area contributed by atoms with Crippen LogP contribution < -0.4 is 5.32 Å². The number of carbonyl (C=O) groups excluding carboxylic acids is 1. The van der Waals surface area contributed by atoms with Crippen molar-refractivity contribution in [2.24, 2.45) is 4.99 Å². The van der Waals surface area contributed by atoms with Crippen molar-refractivity contribution in [3.8, 4) is 0 Å². The molecular weight excluding hydrogens is 398 g/mol. The Bertz CT molecular complexity index is 969. The van der Waals surface area contributed by atoms with Gasteiger partial charge in [-0.05, 0) is 66.1 Å². The number of aryl methyl sites for hydroxylation is 3. The molecule has 30 heavy (non-hydrogen) atoms. The number of benzene rings is 2. The summed E-state index contributed by atoms with van der Waals surface area (Å²) in [5.74, 6) is 0.837. The van der Waals surface area contributed by atoms with E-state index in [0.717, 1.165) is 30.5 Å². The number of aldehydes is 1. The molecule has 0 saturated carbocycles. The van der Waals surface area contributed by atoms with Crippen LogP contribution in [-0.2, 0) is 35.3 Å². The number of nitrogens with zero attached hydrogens (tertiary/aromatic N) is 2. The zero-order valence-corrected chi connectivity index (χ0v) is 18.5. The van der Waals surface area contributed by atoms with Crippen LogP contribution in [0.5, 0.6) is 0 Å². The molecule has 6 heteroatoms. The Morgan fingerprint density at radius 1 is 1.27 bits per heavy atom. The van der Waals surface area contributed by atoms with Crippen LogP contribution in [0.4, 0.5) is 5.69 Å². The molecule has 0 unspecified atom stereocenters. The van der Waals surface area contributed by atoms with Crippen LogP contribution >= 0.6 is 11.6 Å². The fourth-order valence-electron chi connectivity index (χ4n) is 3.76. The molecule has 0 fully saturated rings. The van der Waals surface area contributed by atoms with Gasteiger partial charge in [0.2, 0.25) is 5.96 Å². The van der Waals surface area contributed by atoms with E-state index < -0.39 is 0 Å². The van der Waals surface area contributed by atoms with Gasteiger partial charge in [-0.25, -0.2) is 0 Å². The highest BCUT2D eigenvalue weighted by atomic mass is 35.5. The summed E-state index contributed by atoms with van der Waals surface area (Å²) < 4.78 is 5.18. The van der Waals surface area contributed by atoms with Gasteiger partial charge in [-0.2, -0.15) is 0 Å². The molecular formula is C24H28ClN3O2. The smallest absolute Gasteiger partial charge is 0.202 e. The standard InChI is InChI=1S/C24H28ClN3O2/c1-4-18-12-19-8-6-9-20(19)13-23(18)27-24(26-2)28(15-22(16-29)30-3)14-17-7-5-10-21(25)11-17/h5,7,10-13,15-16H,4,6,8-9,14H2,1-3H3,(H,26,27)/b22-15+. The van der Waals surface area contributed by atoms with Gasteiger partial charge < -0.3 is 15.0 Å². The molecule has 0 radical (unpaired) electrons. The second-order valence-electron chi connectivity index (χ2n) is 7.27. The molecule has 2 aromatic carbocycles. The van der Waals surface area contributed by atoms with Gasteiger partial charge in [0.25, 0.3) is 0 Å². The minimum atomic E-state index is 0.213. The minimum absolute atomic E-state index is 0.213. The van der Waals surface area contributed by atoms with E-state index >= 15 is 0 Å². The van der Waals surface area contributed by atoms with E-state index in [1.165, 1.54) is 30.2 Å². The second-order valence-corrected chi connectivity index (χ2v) is 7.71. The molecule has 0 spiro atoms. The Morgan fingerprint density at radius 2 is 2.03 bits per heavy atom. The summed E-state index contributed by atoms with van der Waals surface area (Å²) >= 11 is 6.16. The Balaban J connectivity index is 1.94. The predicted molar refractivity (Wildman–Crippen MR) is 123 cm³/mol. The van der Waals surface area contributed by atoms with Crippen LogP contribution in [-0.4, -0.2) is 31.3 Å². The van der Waals surface area contributed by atoms with Crippen molar-refractivity contribution in [2.75, 3.05) is 19.5 Å². The normalized spacial score (nSPS) is 13.7. The van der Waals surface area contributed by atoms with Crippen molar-refractivity contribution >= 4 is 29.5 Å². The first kappa shape index (κ1) is 21.9. The number of nitrogens with one attached hydrogen (secondary N) is 1. The minimum Gasteiger partial charge on any atom is -0.492 e. The first-order chi connectivity index (χ1) is 14.6. The van der Waals surface area contributed by atoms with Crippen molar-refractivity contribution in [1.82, 2.24) is 4.90 Å². The maximum atomic E-state index is 11.4. The topological polar surface area (TPSA) is 53.9 Å². The van der Waals surface area contributed by atoms with Crippen LogP contribution in [0, 0.1) is 0 Å². The fourth-order valence-corrected chi connectivity index (χ4v) is 3.97. The van der Waals surface area contributed by atoms with E-state index in [1.807, 2.05) is 29.2 Å². The number of aliphatic imine (C=N–C) groups is 1. The van der Waals surface area contributed by atoms with Crippen molar-refractivity contribution in [1.29, 1.82) is 0 Å². The van der Waals surface area contributed by atoms with Gasteiger partial charge in [0.05, 0.1) is 19.9 Å². The number of hydrogen-bond donors (Lipinski definition) is 1. The number of allylic oxidation sites excluding steroid dienone is 1. The zero-order chi connectivity index (χ0) is 21.5. The highest BCUT2D eigenvalue weighted by molar-refractivity contribution is 6.30. The zero-order valence-electron chi connectivity index (χ0n) is 17.7. The number of hydrogen-bond acceptors (Lipinski definition) is 3. The average Bonchev–Trinajstić information content (AvgIpc) is 3.21. The van der Waals surface area contributed by atoms with Gasteiger partial charge in [-0.1, -0.05) is 36.7 Å². The molecule has 0 saturated heterocycles. The molecule has 2 aromatic rings. The van der Waals surface area contributed by atoms with Gasteiger partial charge >= 0.3 is 0 Å². The molecule has 1 aliphatic carbocycles. The molecule has 3 rings (SSSR count). The van der Waals surface area contributed by atoms with Crippen LogP contribution in [0.3, 0.4) is 0 Å². The number of fused-ring (bicyclic) bond motifs is 1. The third kappa shape index (κ3) is 5.22. The fraction of sp³-hybridized carbons (Fsp3) is 0.333. The summed E-state index contributed by atoms with van der Waals surface area (Å²) in [6.45, 7) is 2.64. The SMILES string of the molecule is CCc1cc2c(cc1NC(=NC)N(/C=C(\C=O)OC)Cc1cccc(Cl)c1)CCC2. The van der Waals surface area contributed by atoms with Crippen molar-refractivity contribution < 1.29 is 9.53 Å². The molecule has 0 atom stereocenters. The summed E-state index contributed by atoms with van der Waals surface area (Å²) in [5.41, 5.74) is 6.14. The Morgan fingerprint density at radius 3 is 2.67 bits per heavy atom. The lowest BCUT2D eigenvalue weighted by atomic mass is 10.0. The number of guanidine groups is 1. The van der Waals surface area contributed by atoms with E-state index in [1.54, 1.807) is 13.2 Å². The first-order valence-electron chi connectivity index (χ1n) is 10.2. The quantitative estimate of drug-likeness (QED) is 0.223. The lowest BCUT2D eigenvalue weighted by Gasteiger charge is -2.25. The molecule has 5 nitrogen and oxygen atoms in total. The molecule has 0 bridgehead atoms. The summed E-state index contributed by atoms with van der Waals surface area (Å²) in [4.78, 5) is 17.7. The predicted octanol–water partition coefficient (Wildman–Crippen LogP) is 4.98. The summed E-state index contributed by atoms with van der Waals surface area (Å²) in [5, 5.41) is 4.15.